The Morgan fingerprint density at radius 3 is 2.44 bits per heavy atom. The predicted octanol–water partition coefficient (Wildman–Crippen LogP) is 0.804. The number of carbonyl (C=O) groups is 2. The van der Waals surface area contributed by atoms with Crippen molar-refractivity contribution in [1.29, 1.82) is 0 Å². The topological polar surface area (TPSA) is 149 Å². The average Bonchev–Trinajstić information content (AvgIpc) is 2.74. The first-order valence-corrected chi connectivity index (χ1v) is 11.3. The molecular weight excluding hydrogens is 477 g/mol. The monoisotopic (exact) mass is 509 g/mol. The van der Waals surface area contributed by atoms with E-state index in [4.69, 9.17) is 5.73 Å². The van der Waals surface area contributed by atoms with Crippen LogP contribution in [0.15, 0.2) is 39.8 Å². The maximum Gasteiger partial charge on any atom is 0.475 e. The molecule has 1 aromatic rings. The number of halogens is 1. The molecule has 0 aliphatic heterocycles. The number of carbonyl (C=O) groups excluding carboxylic acids is 2. The van der Waals surface area contributed by atoms with Crippen molar-refractivity contribution >= 4 is 46.9 Å². The molecule has 32 heavy (non-hydrogen) atoms. The summed E-state index contributed by atoms with van der Waals surface area (Å²) in [6.07, 6.45) is 4.25. The zero-order chi connectivity index (χ0) is 24.1. The third-order valence-electron chi connectivity index (χ3n) is 4.56. The van der Waals surface area contributed by atoms with Crippen molar-refractivity contribution in [3.8, 4) is 0 Å². The van der Waals surface area contributed by atoms with Crippen LogP contribution in [0.1, 0.15) is 38.7 Å². The fraction of sp³-hybridized carbons (Fsp3) is 0.476. The summed E-state index contributed by atoms with van der Waals surface area (Å²) in [5, 5.41) is 27.5. The molecule has 0 aromatic heterocycles. The molecule has 0 fully saturated rings. The van der Waals surface area contributed by atoms with Crippen LogP contribution in [0.25, 0.3) is 6.08 Å². The fourth-order valence-electron chi connectivity index (χ4n) is 2.88. The Hall–Kier alpha value is -2.37. The minimum Gasteiger partial charge on any atom is -0.426 e. The van der Waals surface area contributed by atoms with Gasteiger partial charge in [0, 0.05) is 24.1 Å². The lowest BCUT2D eigenvalue weighted by Gasteiger charge is -2.24. The highest BCUT2D eigenvalue weighted by molar-refractivity contribution is 9.10. The number of nitrogens with zero attached hydrogens (tertiary/aromatic N) is 1. The molecule has 1 rings (SSSR count). The van der Waals surface area contributed by atoms with Gasteiger partial charge in [-0.15, -0.1) is 0 Å². The minimum atomic E-state index is -1.70. The Morgan fingerprint density at radius 1 is 1.22 bits per heavy atom. The van der Waals surface area contributed by atoms with Gasteiger partial charge in [0.15, 0.2) is 5.96 Å². The predicted molar refractivity (Wildman–Crippen MR) is 131 cm³/mol. The van der Waals surface area contributed by atoms with Crippen LogP contribution in [-0.4, -0.2) is 60.5 Å². The molecule has 0 bridgehead atoms. The Labute approximate surface area is 198 Å². The zero-order valence-electron chi connectivity index (χ0n) is 18.7. The first kappa shape index (κ1) is 27.7. The Morgan fingerprint density at radius 2 is 1.88 bits per heavy atom. The van der Waals surface area contributed by atoms with E-state index in [9.17, 15) is 19.6 Å². The molecule has 0 aliphatic carbocycles. The molecule has 0 saturated carbocycles. The molecule has 11 heteroatoms. The van der Waals surface area contributed by atoms with E-state index in [1.54, 1.807) is 13.1 Å². The van der Waals surface area contributed by atoms with Gasteiger partial charge in [-0.05, 0) is 49.0 Å². The SMILES string of the molecule is CN=C(N)NCCC[C@H](NC(=O)/C=C/c1ccc(Br)cc1)C(=O)N[C@@H](CC(C)C)B(O)O. The molecule has 9 nitrogen and oxygen atoms in total. The summed E-state index contributed by atoms with van der Waals surface area (Å²) in [6.45, 7) is 4.30. The average molecular weight is 510 g/mol. The van der Waals surface area contributed by atoms with E-state index in [1.807, 2.05) is 38.1 Å². The molecule has 176 valence electrons. The second-order valence-corrected chi connectivity index (χ2v) is 8.70. The molecule has 0 unspecified atom stereocenters. The maximum absolute atomic E-state index is 12.8. The van der Waals surface area contributed by atoms with Crippen molar-refractivity contribution in [1.82, 2.24) is 16.0 Å². The summed E-state index contributed by atoms with van der Waals surface area (Å²) in [5.41, 5.74) is 6.44. The van der Waals surface area contributed by atoms with E-state index in [0.29, 0.717) is 25.8 Å². The number of amides is 2. The first-order valence-electron chi connectivity index (χ1n) is 10.5. The Bertz CT molecular complexity index is 787. The minimum absolute atomic E-state index is 0.143. The molecule has 0 heterocycles. The van der Waals surface area contributed by atoms with Crippen LogP contribution < -0.4 is 21.7 Å². The highest BCUT2D eigenvalue weighted by Crippen LogP contribution is 2.11. The van der Waals surface area contributed by atoms with Crippen molar-refractivity contribution in [3.63, 3.8) is 0 Å². The van der Waals surface area contributed by atoms with Gasteiger partial charge in [-0.25, -0.2) is 0 Å². The van der Waals surface area contributed by atoms with E-state index in [-0.39, 0.29) is 11.9 Å². The molecule has 1 aromatic carbocycles. The standard InChI is InChI=1S/C21H33BBrN5O4/c1-14(2)13-18(22(31)32)28-20(30)17(5-4-12-26-21(24)25-3)27-19(29)11-8-15-6-9-16(23)10-7-15/h6-11,14,17-18,31-32H,4-5,12-13H2,1-3H3,(H,27,29)(H,28,30)(H3,24,25,26)/b11-8+/t17-,18-/m0/s1. The highest BCUT2D eigenvalue weighted by atomic mass is 79.9. The van der Waals surface area contributed by atoms with Crippen LogP contribution in [0.2, 0.25) is 0 Å². The molecule has 0 radical (unpaired) electrons. The summed E-state index contributed by atoms with van der Waals surface area (Å²) in [7, 11) is -0.136. The Kier molecular flexibility index (Phi) is 12.7. The molecular formula is C21H33BBrN5O4. The second-order valence-electron chi connectivity index (χ2n) is 7.78. The van der Waals surface area contributed by atoms with Gasteiger partial charge in [0.25, 0.3) is 0 Å². The summed E-state index contributed by atoms with van der Waals surface area (Å²) in [6, 6.07) is 6.57. The van der Waals surface area contributed by atoms with Gasteiger partial charge in [-0.1, -0.05) is 41.9 Å². The van der Waals surface area contributed by atoms with Gasteiger partial charge < -0.3 is 31.7 Å². The first-order chi connectivity index (χ1) is 15.1. The van der Waals surface area contributed by atoms with Crippen molar-refractivity contribution in [2.24, 2.45) is 16.6 Å². The van der Waals surface area contributed by atoms with Gasteiger partial charge in [0.2, 0.25) is 11.8 Å². The number of hydrogen-bond acceptors (Lipinski definition) is 5. The fourth-order valence-corrected chi connectivity index (χ4v) is 3.15. The lowest BCUT2D eigenvalue weighted by molar-refractivity contribution is -0.127. The van der Waals surface area contributed by atoms with Crippen molar-refractivity contribution in [2.75, 3.05) is 13.6 Å². The largest absolute Gasteiger partial charge is 0.475 e. The lowest BCUT2D eigenvalue weighted by Crippen LogP contribution is -2.54. The van der Waals surface area contributed by atoms with Crippen LogP contribution in [0.3, 0.4) is 0 Å². The maximum atomic E-state index is 12.8. The van der Waals surface area contributed by atoms with E-state index < -0.39 is 30.9 Å². The van der Waals surface area contributed by atoms with Gasteiger partial charge in [0.05, 0.1) is 5.94 Å². The lowest BCUT2D eigenvalue weighted by atomic mass is 9.75. The smallest absolute Gasteiger partial charge is 0.426 e. The van der Waals surface area contributed by atoms with Gasteiger partial charge in [-0.3, -0.25) is 14.6 Å². The number of rotatable bonds is 12. The summed E-state index contributed by atoms with van der Waals surface area (Å²) < 4.78 is 0.931. The van der Waals surface area contributed by atoms with E-state index >= 15 is 0 Å². The molecule has 0 saturated heterocycles. The number of nitrogens with two attached hydrogens (primary N) is 1. The number of nitrogens with one attached hydrogen (secondary N) is 3. The normalized spacial score (nSPS) is 13.7. The van der Waals surface area contributed by atoms with E-state index in [0.717, 1.165) is 10.0 Å². The van der Waals surface area contributed by atoms with Crippen molar-refractivity contribution in [2.45, 2.75) is 45.1 Å². The second kappa shape index (κ2) is 14.7. The summed E-state index contributed by atoms with van der Waals surface area (Å²) in [4.78, 5) is 29.1. The van der Waals surface area contributed by atoms with Gasteiger partial charge >= 0.3 is 7.12 Å². The molecule has 2 atom stereocenters. The molecule has 0 aliphatic rings. The van der Waals surface area contributed by atoms with Crippen molar-refractivity contribution in [3.05, 3.63) is 40.4 Å². The molecule has 0 spiro atoms. The highest BCUT2D eigenvalue weighted by Gasteiger charge is 2.29. The van der Waals surface area contributed by atoms with Crippen LogP contribution in [0, 0.1) is 5.92 Å². The quantitative estimate of drug-likeness (QED) is 0.0806. The van der Waals surface area contributed by atoms with E-state index in [1.165, 1.54) is 6.08 Å². The molecule has 2 amide bonds. The van der Waals surface area contributed by atoms with Gasteiger partial charge in [0.1, 0.15) is 6.04 Å². The van der Waals surface area contributed by atoms with Crippen molar-refractivity contribution < 1.29 is 19.6 Å². The third kappa shape index (κ3) is 11.3. The van der Waals surface area contributed by atoms with Crippen LogP contribution in [0.5, 0.6) is 0 Å². The summed E-state index contributed by atoms with van der Waals surface area (Å²) >= 11 is 3.36. The Balaban J connectivity index is 2.81. The van der Waals surface area contributed by atoms with Gasteiger partial charge in [-0.2, -0.15) is 0 Å². The summed E-state index contributed by atoms with van der Waals surface area (Å²) in [5.74, 6) is -1.31. The molecule has 7 N–H and O–H groups in total. The number of aliphatic imine (C=N–C) groups is 1. The van der Waals surface area contributed by atoms with E-state index in [2.05, 4.69) is 36.9 Å². The number of hydrogen-bond donors (Lipinski definition) is 6. The number of benzene rings is 1. The van der Waals surface area contributed by atoms with Crippen LogP contribution >= 0.6 is 15.9 Å². The van der Waals surface area contributed by atoms with Crippen LogP contribution in [-0.2, 0) is 9.59 Å². The van der Waals surface area contributed by atoms with Crippen LogP contribution in [0.4, 0.5) is 0 Å². The number of guanidine groups is 1. The zero-order valence-corrected chi connectivity index (χ0v) is 20.3. The third-order valence-corrected chi connectivity index (χ3v) is 5.09.